The second-order valence-corrected chi connectivity index (χ2v) is 9.20. The van der Waals surface area contributed by atoms with Crippen molar-refractivity contribution in [3.05, 3.63) is 12.7 Å². The van der Waals surface area contributed by atoms with Gasteiger partial charge in [-0.05, 0) is 57.3 Å². The SMILES string of the molecule is C=C[C@@](C)(O)CC[C@@]1(O)[C@H](C(C)=O)C[C@@H]2C(C)(C)CCC[C@@]21C. The van der Waals surface area contributed by atoms with Crippen LogP contribution in [0.5, 0.6) is 0 Å². The Kier molecular flexibility index (Phi) is 4.63. The number of aliphatic hydroxyl groups is 2. The van der Waals surface area contributed by atoms with E-state index in [0.717, 1.165) is 25.7 Å². The van der Waals surface area contributed by atoms with Gasteiger partial charge in [-0.1, -0.05) is 33.3 Å². The van der Waals surface area contributed by atoms with Crippen LogP contribution in [-0.2, 0) is 4.79 Å². The first-order chi connectivity index (χ1) is 10.4. The minimum Gasteiger partial charge on any atom is -0.389 e. The molecule has 0 bridgehead atoms. The van der Waals surface area contributed by atoms with Gasteiger partial charge in [0.05, 0.1) is 11.2 Å². The van der Waals surface area contributed by atoms with Crippen LogP contribution in [0.2, 0.25) is 0 Å². The van der Waals surface area contributed by atoms with Crippen LogP contribution in [0, 0.1) is 22.7 Å². The highest BCUT2D eigenvalue weighted by atomic mass is 16.3. The Labute approximate surface area is 141 Å². The summed E-state index contributed by atoms with van der Waals surface area (Å²) in [5.41, 5.74) is -2.15. The minimum absolute atomic E-state index is 0.0807. The molecule has 0 amide bonds. The molecule has 0 aromatic rings. The van der Waals surface area contributed by atoms with Crippen molar-refractivity contribution in [2.24, 2.45) is 22.7 Å². The van der Waals surface area contributed by atoms with Gasteiger partial charge in [0, 0.05) is 11.3 Å². The van der Waals surface area contributed by atoms with Crippen molar-refractivity contribution in [2.75, 3.05) is 0 Å². The molecule has 0 saturated heterocycles. The monoisotopic (exact) mass is 322 g/mol. The van der Waals surface area contributed by atoms with Crippen molar-refractivity contribution in [2.45, 2.75) is 84.3 Å². The molecule has 0 heterocycles. The molecule has 23 heavy (non-hydrogen) atoms. The van der Waals surface area contributed by atoms with Crippen molar-refractivity contribution in [3.63, 3.8) is 0 Å². The molecule has 0 aromatic heterocycles. The number of Topliss-reactive ketones (excluding diaryl/α,β-unsaturated/α-hetero) is 1. The summed E-state index contributed by atoms with van der Waals surface area (Å²) in [5, 5.41) is 22.0. The molecule has 132 valence electrons. The fourth-order valence-corrected chi connectivity index (χ4v) is 5.56. The van der Waals surface area contributed by atoms with E-state index in [1.807, 2.05) is 0 Å². The van der Waals surface area contributed by atoms with Gasteiger partial charge in [-0.2, -0.15) is 0 Å². The van der Waals surface area contributed by atoms with Crippen LogP contribution in [0.25, 0.3) is 0 Å². The van der Waals surface area contributed by atoms with Crippen molar-refractivity contribution >= 4 is 5.78 Å². The van der Waals surface area contributed by atoms with Crippen LogP contribution in [0.3, 0.4) is 0 Å². The van der Waals surface area contributed by atoms with E-state index in [9.17, 15) is 15.0 Å². The third-order valence-corrected chi connectivity index (χ3v) is 7.21. The Hall–Kier alpha value is -0.670. The fraction of sp³-hybridized carbons (Fsp3) is 0.850. The predicted octanol–water partition coefficient (Wildman–Crippen LogP) is 3.88. The van der Waals surface area contributed by atoms with Gasteiger partial charge in [0.2, 0.25) is 0 Å². The lowest BCUT2D eigenvalue weighted by Gasteiger charge is -2.53. The fourth-order valence-electron chi connectivity index (χ4n) is 5.56. The maximum Gasteiger partial charge on any atom is 0.135 e. The molecule has 2 rings (SSSR count). The van der Waals surface area contributed by atoms with Gasteiger partial charge in [-0.3, -0.25) is 4.79 Å². The lowest BCUT2D eigenvalue weighted by molar-refractivity contribution is -0.152. The number of rotatable bonds is 5. The zero-order chi connectivity index (χ0) is 17.7. The summed E-state index contributed by atoms with van der Waals surface area (Å²) in [5.74, 6) is 0.101. The van der Waals surface area contributed by atoms with Gasteiger partial charge < -0.3 is 10.2 Å². The standard InChI is InChI=1S/C20H34O3/c1-7-18(5,22)11-12-20(23)15(14(2)21)13-16-17(3,4)9-8-10-19(16,20)6/h7,15-16,22-23H,1,8-13H2,2-6H3/t15-,16+,18+,19-,20+/m0/s1. The Morgan fingerprint density at radius 3 is 2.48 bits per heavy atom. The van der Waals surface area contributed by atoms with E-state index >= 15 is 0 Å². The Morgan fingerprint density at radius 1 is 1.35 bits per heavy atom. The van der Waals surface area contributed by atoms with Crippen LogP contribution in [0.15, 0.2) is 12.7 Å². The Balaban J connectivity index is 2.40. The summed E-state index contributed by atoms with van der Waals surface area (Å²) in [6.07, 6.45) is 6.36. The minimum atomic E-state index is -1.03. The third kappa shape index (κ3) is 2.91. The first-order valence-electron chi connectivity index (χ1n) is 8.98. The lowest BCUT2D eigenvalue weighted by Crippen LogP contribution is -2.54. The molecule has 0 aromatic carbocycles. The van der Waals surface area contributed by atoms with Crippen LogP contribution in [0.4, 0.5) is 0 Å². The molecule has 2 N–H and O–H groups in total. The average molecular weight is 322 g/mol. The van der Waals surface area contributed by atoms with Gasteiger partial charge in [-0.15, -0.1) is 6.58 Å². The number of ketones is 1. The van der Waals surface area contributed by atoms with E-state index < -0.39 is 11.2 Å². The van der Waals surface area contributed by atoms with Crippen molar-refractivity contribution in [1.82, 2.24) is 0 Å². The van der Waals surface area contributed by atoms with E-state index in [1.165, 1.54) is 6.08 Å². The molecule has 2 aliphatic carbocycles. The first kappa shape index (κ1) is 18.7. The molecule has 0 aliphatic heterocycles. The highest BCUT2D eigenvalue weighted by Gasteiger charge is 2.66. The second-order valence-electron chi connectivity index (χ2n) is 9.20. The highest BCUT2D eigenvalue weighted by Crippen LogP contribution is 2.66. The molecule has 2 saturated carbocycles. The molecule has 3 nitrogen and oxygen atoms in total. The van der Waals surface area contributed by atoms with Gasteiger partial charge in [0.25, 0.3) is 0 Å². The molecule has 0 radical (unpaired) electrons. The van der Waals surface area contributed by atoms with Crippen LogP contribution in [-0.4, -0.2) is 27.2 Å². The molecule has 5 atom stereocenters. The Morgan fingerprint density at radius 2 is 1.96 bits per heavy atom. The van der Waals surface area contributed by atoms with Gasteiger partial charge in [0.15, 0.2) is 0 Å². The van der Waals surface area contributed by atoms with Crippen LogP contribution < -0.4 is 0 Å². The summed E-state index contributed by atoms with van der Waals surface area (Å²) in [7, 11) is 0. The lowest BCUT2D eigenvalue weighted by atomic mass is 9.54. The summed E-state index contributed by atoms with van der Waals surface area (Å²) < 4.78 is 0. The number of carbonyl (C=O) groups is 1. The second kappa shape index (κ2) is 5.70. The molecular formula is C20H34O3. The first-order valence-corrected chi connectivity index (χ1v) is 8.98. The summed E-state index contributed by atoms with van der Waals surface area (Å²) in [6, 6.07) is 0. The molecule has 0 spiro atoms. The number of fused-ring (bicyclic) bond motifs is 1. The topological polar surface area (TPSA) is 57.5 Å². The zero-order valence-electron chi connectivity index (χ0n) is 15.5. The third-order valence-electron chi connectivity index (χ3n) is 7.21. The van der Waals surface area contributed by atoms with E-state index in [-0.39, 0.29) is 22.5 Å². The average Bonchev–Trinajstić information content (AvgIpc) is 2.67. The maximum atomic E-state index is 12.3. The zero-order valence-corrected chi connectivity index (χ0v) is 15.5. The predicted molar refractivity (Wildman–Crippen MR) is 93.0 cm³/mol. The van der Waals surface area contributed by atoms with Crippen molar-refractivity contribution in [1.29, 1.82) is 0 Å². The molecule has 3 heteroatoms. The summed E-state index contributed by atoms with van der Waals surface area (Å²) in [6.45, 7) is 13.7. The molecule has 2 aliphatic rings. The van der Waals surface area contributed by atoms with Gasteiger partial charge in [0.1, 0.15) is 5.78 Å². The summed E-state index contributed by atoms with van der Waals surface area (Å²) >= 11 is 0. The van der Waals surface area contributed by atoms with Crippen LogP contribution in [0.1, 0.15) is 73.1 Å². The number of carbonyl (C=O) groups excluding carboxylic acids is 1. The normalized spacial score (nSPS) is 41.9. The molecular weight excluding hydrogens is 288 g/mol. The number of hydrogen-bond donors (Lipinski definition) is 2. The van der Waals surface area contributed by atoms with Gasteiger partial charge >= 0.3 is 0 Å². The molecule has 0 unspecified atom stereocenters. The largest absolute Gasteiger partial charge is 0.389 e. The van der Waals surface area contributed by atoms with E-state index in [0.29, 0.717) is 18.8 Å². The number of hydrogen-bond acceptors (Lipinski definition) is 3. The van der Waals surface area contributed by atoms with Gasteiger partial charge in [-0.25, -0.2) is 0 Å². The van der Waals surface area contributed by atoms with E-state index in [4.69, 9.17) is 0 Å². The van der Waals surface area contributed by atoms with E-state index in [1.54, 1.807) is 13.8 Å². The quantitative estimate of drug-likeness (QED) is 0.755. The van der Waals surface area contributed by atoms with Crippen LogP contribution >= 0.6 is 0 Å². The van der Waals surface area contributed by atoms with Crippen molar-refractivity contribution < 1.29 is 15.0 Å². The smallest absolute Gasteiger partial charge is 0.135 e. The Bertz CT molecular complexity index is 493. The summed E-state index contributed by atoms with van der Waals surface area (Å²) in [4.78, 5) is 12.3. The van der Waals surface area contributed by atoms with Crippen molar-refractivity contribution in [3.8, 4) is 0 Å². The maximum absolute atomic E-state index is 12.3. The molecule has 2 fully saturated rings. The van der Waals surface area contributed by atoms with E-state index in [2.05, 4.69) is 27.4 Å². The highest BCUT2D eigenvalue weighted by molar-refractivity contribution is 5.80.